The molecule has 1 aromatic carbocycles. The Morgan fingerprint density at radius 3 is 2.18 bits per heavy atom. The van der Waals surface area contributed by atoms with E-state index < -0.39 is 0 Å². The molecule has 0 N–H and O–H groups in total. The minimum Gasteiger partial charge on any atom is -0.368 e. The van der Waals surface area contributed by atoms with E-state index in [1.807, 2.05) is 0 Å². The summed E-state index contributed by atoms with van der Waals surface area (Å²) in [5, 5.41) is 0. The second-order valence-electron chi connectivity index (χ2n) is 4.70. The monoisotopic (exact) mass is 254 g/mol. The molecule has 0 saturated heterocycles. The van der Waals surface area contributed by atoms with Crippen LogP contribution < -0.4 is 4.90 Å². The fraction of sp³-hybridized carbons (Fsp3) is 0.571. The van der Waals surface area contributed by atoms with Gasteiger partial charge in [0.05, 0.1) is 0 Å². The molecule has 1 atom stereocenters. The van der Waals surface area contributed by atoms with Crippen LogP contribution in [0, 0.1) is 0 Å². The molecule has 0 radical (unpaired) electrons. The van der Waals surface area contributed by atoms with Crippen LogP contribution in [-0.4, -0.2) is 38.1 Å². The number of nitrogens with zero attached hydrogens (tertiary/aromatic N) is 2. The van der Waals surface area contributed by atoms with Crippen molar-refractivity contribution in [2.45, 2.75) is 25.8 Å². The summed E-state index contributed by atoms with van der Waals surface area (Å²) in [6, 6.07) is 9.04. The molecule has 0 aliphatic carbocycles. The van der Waals surface area contributed by atoms with Crippen molar-refractivity contribution >= 4 is 17.3 Å². The maximum Gasteiger partial charge on any atom is 0.0474 e. The second kappa shape index (κ2) is 6.87. The Bertz CT molecular complexity index is 321. The van der Waals surface area contributed by atoms with E-state index in [0.717, 1.165) is 13.1 Å². The number of alkyl halides is 1. The van der Waals surface area contributed by atoms with Gasteiger partial charge in [-0.2, -0.15) is 0 Å². The van der Waals surface area contributed by atoms with Crippen molar-refractivity contribution in [2.75, 3.05) is 32.1 Å². The van der Waals surface area contributed by atoms with E-state index in [4.69, 9.17) is 11.6 Å². The Labute approximate surface area is 110 Å². The summed E-state index contributed by atoms with van der Waals surface area (Å²) >= 11 is 5.80. The highest BCUT2D eigenvalue weighted by Crippen LogP contribution is 2.18. The highest BCUT2D eigenvalue weighted by molar-refractivity contribution is 6.17. The summed E-state index contributed by atoms with van der Waals surface area (Å²) in [7, 11) is 4.22. The number of rotatable bonds is 6. The highest BCUT2D eigenvalue weighted by atomic mass is 35.5. The molecule has 0 aromatic heterocycles. The van der Waals surface area contributed by atoms with Crippen LogP contribution in [-0.2, 0) is 5.88 Å². The van der Waals surface area contributed by atoms with Crippen LogP contribution in [0.25, 0.3) is 0 Å². The standard InChI is InChI=1S/C14H23ClN2/c1-5-17(12(2)11-16(3)4)14-8-6-13(10-15)7-9-14/h6-9,12H,5,10-11H2,1-4H3. The molecule has 0 aliphatic heterocycles. The Kier molecular flexibility index (Phi) is 5.79. The smallest absolute Gasteiger partial charge is 0.0474 e. The first-order valence-corrected chi connectivity index (χ1v) is 6.68. The Morgan fingerprint density at radius 1 is 1.18 bits per heavy atom. The Morgan fingerprint density at radius 2 is 1.76 bits per heavy atom. The van der Waals surface area contributed by atoms with Crippen molar-refractivity contribution in [1.82, 2.24) is 4.90 Å². The number of likely N-dealkylation sites (N-methyl/N-ethyl adjacent to an activating group) is 2. The third-order valence-corrected chi connectivity index (χ3v) is 3.23. The van der Waals surface area contributed by atoms with Crippen molar-refractivity contribution < 1.29 is 0 Å². The van der Waals surface area contributed by atoms with Gasteiger partial charge in [0.25, 0.3) is 0 Å². The zero-order valence-electron chi connectivity index (χ0n) is 11.3. The highest BCUT2D eigenvalue weighted by Gasteiger charge is 2.13. The third kappa shape index (κ3) is 4.21. The first-order valence-electron chi connectivity index (χ1n) is 6.14. The maximum atomic E-state index is 5.80. The molecule has 3 heteroatoms. The molecule has 0 heterocycles. The number of hydrogen-bond acceptors (Lipinski definition) is 2. The van der Waals surface area contributed by atoms with Crippen LogP contribution in [0.4, 0.5) is 5.69 Å². The largest absolute Gasteiger partial charge is 0.368 e. The lowest BCUT2D eigenvalue weighted by atomic mass is 10.1. The lowest BCUT2D eigenvalue weighted by Gasteiger charge is -2.32. The van der Waals surface area contributed by atoms with Gasteiger partial charge >= 0.3 is 0 Å². The average molecular weight is 255 g/mol. The van der Waals surface area contributed by atoms with E-state index >= 15 is 0 Å². The normalized spacial score (nSPS) is 12.8. The van der Waals surface area contributed by atoms with E-state index in [1.54, 1.807) is 0 Å². The molecular formula is C14H23ClN2. The quantitative estimate of drug-likeness (QED) is 0.720. The number of hydrogen-bond donors (Lipinski definition) is 0. The van der Waals surface area contributed by atoms with Gasteiger partial charge in [0.2, 0.25) is 0 Å². The first kappa shape index (κ1) is 14.3. The van der Waals surface area contributed by atoms with Gasteiger partial charge in [0, 0.05) is 30.7 Å². The van der Waals surface area contributed by atoms with Gasteiger partial charge in [0.1, 0.15) is 0 Å². The molecule has 2 nitrogen and oxygen atoms in total. The van der Waals surface area contributed by atoms with Crippen LogP contribution in [0.1, 0.15) is 19.4 Å². The van der Waals surface area contributed by atoms with Crippen LogP contribution >= 0.6 is 11.6 Å². The summed E-state index contributed by atoms with van der Waals surface area (Å²) in [5.41, 5.74) is 2.45. The van der Waals surface area contributed by atoms with Crippen LogP contribution in [0.2, 0.25) is 0 Å². The van der Waals surface area contributed by atoms with Crippen molar-refractivity contribution in [3.63, 3.8) is 0 Å². The van der Waals surface area contributed by atoms with E-state index in [9.17, 15) is 0 Å². The Hall–Kier alpha value is -0.730. The van der Waals surface area contributed by atoms with E-state index in [1.165, 1.54) is 11.3 Å². The molecule has 0 fully saturated rings. The molecule has 1 rings (SSSR count). The molecule has 0 saturated carbocycles. The number of anilines is 1. The summed E-state index contributed by atoms with van der Waals surface area (Å²) in [4.78, 5) is 4.64. The summed E-state index contributed by atoms with van der Waals surface area (Å²) in [6.45, 7) is 6.54. The lowest BCUT2D eigenvalue weighted by molar-refractivity contribution is 0.373. The average Bonchev–Trinajstić information content (AvgIpc) is 2.30. The molecule has 0 aliphatic rings. The first-order chi connectivity index (χ1) is 8.08. The lowest BCUT2D eigenvalue weighted by Crippen LogP contribution is -2.40. The zero-order valence-corrected chi connectivity index (χ0v) is 12.0. The summed E-state index contributed by atoms with van der Waals surface area (Å²) < 4.78 is 0. The number of benzene rings is 1. The molecule has 0 bridgehead atoms. The maximum absolute atomic E-state index is 5.80. The van der Waals surface area contributed by atoms with Crippen molar-refractivity contribution in [3.05, 3.63) is 29.8 Å². The molecule has 0 amide bonds. The SMILES string of the molecule is CCN(c1ccc(CCl)cc1)C(C)CN(C)C. The minimum atomic E-state index is 0.511. The summed E-state index contributed by atoms with van der Waals surface area (Å²) in [6.07, 6.45) is 0. The molecule has 17 heavy (non-hydrogen) atoms. The predicted octanol–water partition coefficient (Wildman–Crippen LogP) is 3.20. The molecular weight excluding hydrogens is 232 g/mol. The van der Waals surface area contributed by atoms with Gasteiger partial charge in [-0.05, 0) is 45.6 Å². The van der Waals surface area contributed by atoms with Crippen molar-refractivity contribution in [3.8, 4) is 0 Å². The zero-order chi connectivity index (χ0) is 12.8. The van der Waals surface area contributed by atoms with Crippen molar-refractivity contribution in [2.24, 2.45) is 0 Å². The van der Waals surface area contributed by atoms with Gasteiger partial charge in [0.15, 0.2) is 0 Å². The van der Waals surface area contributed by atoms with Gasteiger partial charge < -0.3 is 9.80 Å². The van der Waals surface area contributed by atoms with Gasteiger partial charge in [-0.3, -0.25) is 0 Å². The van der Waals surface area contributed by atoms with E-state index in [0.29, 0.717) is 11.9 Å². The van der Waals surface area contributed by atoms with E-state index in [2.05, 4.69) is 62.0 Å². The molecule has 0 spiro atoms. The Balaban J connectivity index is 2.77. The molecule has 1 aromatic rings. The summed E-state index contributed by atoms with van der Waals surface area (Å²) in [5.74, 6) is 0.583. The third-order valence-electron chi connectivity index (χ3n) is 2.92. The van der Waals surface area contributed by atoms with Crippen LogP contribution in [0.15, 0.2) is 24.3 Å². The van der Waals surface area contributed by atoms with Crippen LogP contribution in [0.5, 0.6) is 0 Å². The fourth-order valence-electron chi connectivity index (χ4n) is 2.15. The van der Waals surface area contributed by atoms with Crippen molar-refractivity contribution in [1.29, 1.82) is 0 Å². The van der Waals surface area contributed by atoms with E-state index in [-0.39, 0.29) is 0 Å². The molecule has 1 unspecified atom stereocenters. The minimum absolute atomic E-state index is 0.511. The number of halogens is 1. The van der Waals surface area contributed by atoms with Gasteiger partial charge in [-0.1, -0.05) is 12.1 Å². The second-order valence-corrected chi connectivity index (χ2v) is 4.96. The van der Waals surface area contributed by atoms with Gasteiger partial charge in [-0.25, -0.2) is 0 Å². The van der Waals surface area contributed by atoms with Crippen LogP contribution in [0.3, 0.4) is 0 Å². The predicted molar refractivity (Wildman–Crippen MR) is 77.0 cm³/mol. The van der Waals surface area contributed by atoms with Gasteiger partial charge in [-0.15, -0.1) is 11.6 Å². The fourth-order valence-corrected chi connectivity index (χ4v) is 2.33. The topological polar surface area (TPSA) is 6.48 Å². The molecule has 96 valence electrons.